The van der Waals surface area contributed by atoms with Crippen molar-refractivity contribution >= 4 is 23.2 Å². The summed E-state index contributed by atoms with van der Waals surface area (Å²) in [6.45, 7) is 8.09. The number of carbonyl (C=O) groups is 1. The number of benzene rings is 1. The first-order valence-corrected chi connectivity index (χ1v) is 7.43. The minimum Gasteiger partial charge on any atom is -0.496 e. The molecule has 1 amide bonds. The van der Waals surface area contributed by atoms with Gasteiger partial charge in [-0.25, -0.2) is 0 Å². The van der Waals surface area contributed by atoms with E-state index in [0.717, 1.165) is 31.9 Å². The van der Waals surface area contributed by atoms with Gasteiger partial charge in [-0.15, -0.1) is 0 Å². The van der Waals surface area contributed by atoms with Crippen molar-refractivity contribution in [3.63, 3.8) is 0 Å². The first kappa shape index (κ1) is 17.6. The summed E-state index contributed by atoms with van der Waals surface area (Å²) in [5, 5.41) is 0.492. The highest BCUT2D eigenvalue weighted by Crippen LogP contribution is 2.32. The summed E-state index contributed by atoms with van der Waals surface area (Å²) >= 11 is 6.26. The Labute approximate surface area is 131 Å². The van der Waals surface area contributed by atoms with Crippen molar-refractivity contribution in [3.8, 4) is 5.75 Å². The number of amides is 1. The van der Waals surface area contributed by atoms with Crippen LogP contribution >= 0.6 is 11.6 Å². The molecule has 1 rings (SSSR count). The van der Waals surface area contributed by atoms with E-state index >= 15 is 0 Å². The Morgan fingerprint density at radius 1 is 1.29 bits per heavy atom. The molecule has 0 radical (unpaired) electrons. The standard InChI is InChI=1S/C15H24ClN3O2/c1-5-19(6-2)8-7-18(3)13-10-14(21-4)11(15(17)20)9-12(13)16/h9-10H,5-8H2,1-4H3,(H2,17,20). The van der Waals surface area contributed by atoms with Crippen LogP contribution in [0, 0.1) is 0 Å². The third kappa shape index (κ3) is 4.51. The van der Waals surface area contributed by atoms with Crippen molar-refractivity contribution in [2.45, 2.75) is 13.8 Å². The Kier molecular flexibility index (Phi) is 6.78. The Balaban J connectivity index is 2.94. The number of carbonyl (C=O) groups excluding carboxylic acids is 1. The number of rotatable bonds is 8. The number of ether oxygens (including phenoxy) is 1. The zero-order chi connectivity index (χ0) is 16.0. The first-order valence-electron chi connectivity index (χ1n) is 7.05. The van der Waals surface area contributed by atoms with Crippen molar-refractivity contribution in [2.24, 2.45) is 5.73 Å². The highest BCUT2D eigenvalue weighted by Gasteiger charge is 2.16. The van der Waals surface area contributed by atoms with Gasteiger partial charge in [0.25, 0.3) is 5.91 Å². The summed E-state index contributed by atoms with van der Waals surface area (Å²) in [4.78, 5) is 15.8. The van der Waals surface area contributed by atoms with E-state index in [-0.39, 0.29) is 0 Å². The van der Waals surface area contributed by atoms with Crippen molar-refractivity contribution in [2.75, 3.05) is 45.2 Å². The minimum atomic E-state index is -0.550. The van der Waals surface area contributed by atoms with Crippen LogP contribution in [0.15, 0.2) is 12.1 Å². The van der Waals surface area contributed by atoms with Gasteiger partial charge in [-0.1, -0.05) is 25.4 Å². The molecule has 0 aliphatic carbocycles. The Bertz CT molecular complexity index is 490. The molecule has 1 aromatic carbocycles. The van der Waals surface area contributed by atoms with Gasteiger partial charge in [0.15, 0.2) is 0 Å². The number of halogens is 1. The molecule has 21 heavy (non-hydrogen) atoms. The fraction of sp³-hybridized carbons (Fsp3) is 0.533. The zero-order valence-electron chi connectivity index (χ0n) is 13.1. The molecule has 0 aromatic heterocycles. The van der Waals surface area contributed by atoms with Crippen molar-refractivity contribution in [1.29, 1.82) is 0 Å². The summed E-state index contributed by atoms with van der Waals surface area (Å²) in [6, 6.07) is 3.32. The third-order valence-corrected chi connectivity index (χ3v) is 3.89. The monoisotopic (exact) mass is 313 g/mol. The predicted octanol–water partition coefficient (Wildman–Crippen LogP) is 2.23. The third-order valence-electron chi connectivity index (χ3n) is 3.59. The summed E-state index contributed by atoms with van der Waals surface area (Å²) in [5.74, 6) is -0.109. The molecule has 6 heteroatoms. The van der Waals surface area contributed by atoms with Gasteiger partial charge in [0.05, 0.1) is 23.4 Å². The molecule has 0 heterocycles. The summed E-state index contributed by atoms with van der Waals surface area (Å²) in [6.07, 6.45) is 0. The van der Waals surface area contributed by atoms with E-state index in [2.05, 4.69) is 18.7 Å². The van der Waals surface area contributed by atoms with Crippen LogP contribution in [0.1, 0.15) is 24.2 Å². The maximum Gasteiger partial charge on any atom is 0.252 e. The van der Waals surface area contributed by atoms with Crippen molar-refractivity contribution in [1.82, 2.24) is 4.90 Å². The number of nitrogens with zero attached hydrogens (tertiary/aromatic N) is 2. The fourth-order valence-corrected chi connectivity index (χ4v) is 2.46. The second-order valence-electron chi connectivity index (χ2n) is 4.82. The van der Waals surface area contributed by atoms with Crippen LogP contribution in [0.5, 0.6) is 5.75 Å². The van der Waals surface area contributed by atoms with Crippen LogP contribution in [-0.2, 0) is 0 Å². The molecule has 5 nitrogen and oxygen atoms in total. The Morgan fingerprint density at radius 3 is 2.38 bits per heavy atom. The summed E-state index contributed by atoms with van der Waals surface area (Å²) in [7, 11) is 3.48. The van der Waals surface area contributed by atoms with E-state index in [9.17, 15) is 4.79 Å². The van der Waals surface area contributed by atoms with Crippen molar-refractivity contribution < 1.29 is 9.53 Å². The van der Waals surface area contributed by atoms with E-state index < -0.39 is 5.91 Å². The topological polar surface area (TPSA) is 58.8 Å². The number of hydrogen-bond acceptors (Lipinski definition) is 4. The maximum atomic E-state index is 11.4. The fourth-order valence-electron chi connectivity index (χ4n) is 2.15. The van der Waals surface area contributed by atoms with E-state index in [1.54, 1.807) is 12.1 Å². The number of hydrogen-bond donors (Lipinski definition) is 1. The Hall–Kier alpha value is -1.46. The largest absolute Gasteiger partial charge is 0.496 e. The smallest absolute Gasteiger partial charge is 0.252 e. The summed E-state index contributed by atoms with van der Waals surface area (Å²) in [5.41, 5.74) is 6.44. The lowest BCUT2D eigenvalue weighted by Crippen LogP contribution is -2.33. The van der Waals surface area contributed by atoms with E-state index in [4.69, 9.17) is 22.1 Å². The molecule has 0 spiro atoms. The van der Waals surface area contributed by atoms with Crippen LogP contribution < -0.4 is 15.4 Å². The number of nitrogens with two attached hydrogens (primary N) is 1. The quantitative estimate of drug-likeness (QED) is 0.799. The lowest BCUT2D eigenvalue weighted by Gasteiger charge is -2.26. The van der Waals surface area contributed by atoms with Crippen LogP contribution in [-0.4, -0.2) is 51.1 Å². The van der Waals surface area contributed by atoms with Gasteiger partial charge in [-0.2, -0.15) is 0 Å². The van der Waals surface area contributed by atoms with E-state index in [0.29, 0.717) is 16.3 Å². The molecule has 118 valence electrons. The first-order chi connectivity index (χ1) is 9.94. The second-order valence-corrected chi connectivity index (χ2v) is 5.22. The van der Waals surface area contributed by atoms with Gasteiger partial charge in [-0.3, -0.25) is 4.79 Å². The van der Waals surface area contributed by atoms with Gasteiger partial charge < -0.3 is 20.3 Å². The molecule has 0 bridgehead atoms. The average molecular weight is 314 g/mol. The molecule has 0 atom stereocenters. The summed E-state index contributed by atoms with van der Waals surface area (Å²) < 4.78 is 5.22. The number of likely N-dealkylation sites (N-methyl/N-ethyl adjacent to an activating group) is 2. The van der Waals surface area contributed by atoms with E-state index in [1.165, 1.54) is 7.11 Å². The Morgan fingerprint density at radius 2 is 1.90 bits per heavy atom. The molecule has 0 fully saturated rings. The lowest BCUT2D eigenvalue weighted by atomic mass is 10.1. The highest BCUT2D eigenvalue weighted by atomic mass is 35.5. The van der Waals surface area contributed by atoms with Crippen LogP contribution in [0.25, 0.3) is 0 Å². The zero-order valence-corrected chi connectivity index (χ0v) is 13.9. The van der Waals surface area contributed by atoms with Crippen molar-refractivity contribution in [3.05, 3.63) is 22.7 Å². The number of primary amides is 1. The normalized spacial score (nSPS) is 10.8. The molecule has 1 aromatic rings. The molecular formula is C15H24ClN3O2. The number of methoxy groups -OCH3 is 1. The lowest BCUT2D eigenvalue weighted by molar-refractivity contribution is 0.0997. The molecule has 0 aliphatic rings. The van der Waals surface area contributed by atoms with Gasteiger partial charge in [0.2, 0.25) is 0 Å². The van der Waals surface area contributed by atoms with Gasteiger partial charge in [0, 0.05) is 26.2 Å². The van der Waals surface area contributed by atoms with Gasteiger partial charge in [-0.05, 0) is 19.2 Å². The maximum absolute atomic E-state index is 11.4. The van der Waals surface area contributed by atoms with Gasteiger partial charge in [0.1, 0.15) is 5.75 Å². The second kappa shape index (κ2) is 8.10. The molecule has 0 saturated carbocycles. The average Bonchev–Trinajstić information content (AvgIpc) is 2.47. The molecule has 2 N–H and O–H groups in total. The molecule has 0 saturated heterocycles. The highest BCUT2D eigenvalue weighted by molar-refractivity contribution is 6.33. The molecule has 0 unspecified atom stereocenters. The van der Waals surface area contributed by atoms with Crippen LogP contribution in [0.3, 0.4) is 0 Å². The van der Waals surface area contributed by atoms with Crippen LogP contribution in [0.2, 0.25) is 5.02 Å². The number of anilines is 1. The SMILES string of the molecule is CCN(CC)CCN(C)c1cc(OC)c(C(N)=O)cc1Cl. The van der Waals surface area contributed by atoms with Crippen LogP contribution in [0.4, 0.5) is 5.69 Å². The van der Waals surface area contributed by atoms with E-state index in [1.807, 2.05) is 11.9 Å². The molecule has 0 aliphatic heterocycles. The molecular weight excluding hydrogens is 290 g/mol. The van der Waals surface area contributed by atoms with Gasteiger partial charge >= 0.3 is 0 Å². The predicted molar refractivity (Wildman–Crippen MR) is 87.6 cm³/mol. The minimum absolute atomic E-state index is 0.295.